The van der Waals surface area contributed by atoms with Crippen LogP contribution in [-0.2, 0) is 6.42 Å². The van der Waals surface area contributed by atoms with E-state index in [1.54, 1.807) is 0 Å². The summed E-state index contributed by atoms with van der Waals surface area (Å²) in [5.74, 6) is 1.69. The van der Waals surface area contributed by atoms with Crippen LogP contribution in [0.1, 0.15) is 38.2 Å². The van der Waals surface area contributed by atoms with Crippen LogP contribution in [0.4, 0.5) is 0 Å². The fraction of sp³-hybridized carbons (Fsp3) is 0.529. The molecule has 0 saturated heterocycles. The molecule has 0 atom stereocenters. The lowest BCUT2D eigenvalue weighted by Gasteiger charge is -2.15. The van der Waals surface area contributed by atoms with E-state index in [9.17, 15) is 0 Å². The van der Waals surface area contributed by atoms with Gasteiger partial charge in [-0.15, -0.1) is 6.58 Å². The molecule has 0 bridgehead atoms. The van der Waals surface area contributed by atoms with Crippen LogP contribution in [0.3, 0.4) is 0 Å². The lowest BCUT2D eigenvalue weighted by atomic mass is 10.1. The zero-order chi connectivity index (χ0) is 14.6. The highest BCUT2D eigenvalue weighted by molar-refractivity contribution is 5.46. The van der Waals surface area contributed by atoms with Gasteiger partial charge >= 0.3 is 0 Å². The van der Waals surface area contributed by atoms with Gasteiger partial charge in [0.2, 0.25) is 0 Å². The molecule has 0 fully saturated rings. The van der Waals surface area contributed by atoms with Crippen LogP contribution in [0.15, 0.2) is 30.9 Å². The summed E-state index contributed by atoms with van der Waals surface area (Å²) in [6.07, 6.45) is 7.24. The van der Waals surface area contributed by atoms with Crippen LogP contribution < -0.4 is 15.2 Å². The van der Waals surface area contributed by atoms with Gasteiger partial charge in [-0.2, -0.15) is 0 Å². The lowest BCUT2D eigenvalue weighted by Crippen LogP contribution is -2.08. The number of hydrogen-bond acceptors (Lipinski definition) is 3. The molecule has 0 aromatic heterocycles. The number of hydrogen-bond donors (Lipinski definition) is 1. The van der Waals surface area contributed by atoms with E-state index in [0.29, 0.717) is 13.2 Å². The third-order valence-electron chi connectivity index (χ3n) is 3.07. The van der Waals surface area contributed by atoms with Crippen molar-refractivity contribution in [2.45, 2.75) is 39.0 Å². The third-order valence-corrected chi connectivity index (χ3v) is 3.07. The van der Waals surface area contributed by atoms with Crippen LogP contribution in [0.5, 0.6) is 11.5 Å². The smallest absolute Gasteiger partial charge is 0.164 e. The van der Waals surface area contributed by atoms with E-state index >= 15 is 0 Å². The standard InChI is InChI=1S/C17H27NO2/c1-3-5-6-7-8-14-20-17-15(12-13-18)10-9-11-16(17)19-4-2/h3,9-11H,1,4-8,12-14,18H2,2H3. The molecule has 0 radical (unpaired) electrons. The molecule has 0 aliphatic carbocycles. The lowest BCUT2D eigenvalue weighted by molar-refractivity contribution is 0.268. The van der Waals surface area contributed by atoms with Crippen molar-refractivity contribution in [3.63, 3.8) is 0 Å². The van der Waals surface area contributed by atoms with Gasteiger partial charge in [-0.25, -0.2) is 0 Å². The fourth-order valence-electron chi connectivity index (χ4n) is 2.09. The van der Waals surface area contributed by atoms with Gasteiger partial charge in [0.05, 0.1) is 13.2 Å². The van der Waals surface area contributed by atoms with E-state index in [1.165, 1.54) is 6.42 Å². The van der Waals surface area contributed by atoms with Crippen LogP contribution in [0, 0.1) is 0 Å². The van der Waals surface area contributed by atoms with Crippen molar-refractivity contribution >= 4 is 0 Å². The molecule has 0 unspecified atom stereocenters. The minimum absolute atomic E-state index is 0.616. The maximum Gasteiger partial charge on any atom is 0.164 e. The molecular weight excluding hydrogens is 250 g/mol. The number of benzene rings is 1. The highest BCUT2D eigenvalue weighted by Crippen LogP contribution is 2.31. The topological polar surface area (TPSA) is 44.5 Å². The molecule has 20 heavy (non-hydrogen) atoms. The number of ether oxygens (including phenoxy) is 2. The van der Waals surface area contributed by atoms with E-state index in [-0.39, 0.29) is 0 Å². The average Bonchev–Trinajstić information content (AvgIpc) is 2.45. The van der Waals surface area contributed by atoms with Gasteiger partial charge in [-0.3, -0.25) is 0 Å². The monoisotopic (exact) mass is 277 g/mol. The molecule has 2 N–H and O–H groups in total. The van der Waals surface area contributed by atoms with Crippen LogP contribution in [-0.4, -0.2) is 19.8 Å². The van der Waals surface area contributed by atoms with E-state index in [4.69, 9.17) is 15.2 Å². The Morgan fingerprint density at radius 2 is 2.05 bits per heavy atom. The molecular formula is C17H27NO2. The Labute approximate surface area is 122 Å². The number of nitrogens with two attached hydrogens (primary N) is 1. The maximum atomic E-state index is 5.95. The summed E-state index contributed by atoms with van der Waals surface area (Å²) >= 11 is 0. The molecule has 0 spiro atoms. The van der Waals surface area contributed by atoms with Gasteiger partial charge in [0.1, 0.15) is 0 Å². The Bertz CT molecular complexity index is 366. The normalized spacial score (nSPS) is 10.3. The Kier molecular flexibility index (Phi) is 8.56. The van der Waals surface area contributed by atoms with E-state index in [2.05, 4.69) is 12.6 Å². The Hall–Kier alpha value is -1.48. The zero-order valence-electron chi connectivity index (χ0n) is 12.6. The molecule has 0 heterocycles. The summed E-state index contributed by atoms with van der Waals surface area (Å²) in [6, 6.07) is 6.01. The Morgan fingerprint density at radius 1 is 1.20 bits per heavy atom. The predicted octanol–water partition coefficient (Wildman–Crippen LogP) is 3.71. The summed E-state index contributed by atoms with van der Waals surface area (Å²) in [7, 11) is 0. The number of para-hydroxylation sites is 1. The molecule has 1 rings (SSSR count). The quantitative estimate of drug-likeness (QED) is 0.495. The maximum absolute atomic E-state index is 5.95. The molecule has 1 aromatic carbocycles. The molecule has 112 valence electrons. The second-order valence-corrected chi connectivity index (χ2v) is 4.70. The highest BCUT2D eigenvalue weighted by atomic mass is 16.5. The van der Waals surface area contributed by atoms with Crippen molar-refractivity contribution < 1.29 is 9.47 Å². The van der Waals surface area contributed by atoms with Crippen LogP contribution in [0.25, 0.3) is 0 Å². The third kappa shape index (κ3) is 5.66. The van der Waals surface area contributed by atoms with Crippen molar-refractivity contribution in [2.75, 3.05) is 19.8 Å². The first kappa shape index (κ1) is 16.6. The molecule has 0 saturated carbocycles. The van der Waals surface area contributed by atoms with Crippen molar-refractivity contribution in [2.24, 2.45) is 5.73 Å². The van der Waals surface area contributed by atoms with Gasteiger partial charge in [-0.05, 0) is 57.2 Å². The van der Waals surface area contributed by atoms with Gasteiger partial charge in [0.25, 0.3) is 0 Å². The molecule has 0 aliphatic rings. The van der Waals surface area contributed by atoms with Crippen molar-refractivity contribution in [3.05, 3.63) is 36.4 Å². The minimum atomic E-state index is 0.616. The van der Waals surface area contributed by atoms with E-state index in [1.807, 2.05) is 25.1 Å². The van der Waals surface area contributed by atoms with E-state index in [0.717, 1.165) is 49.4 Å². The first-order chi connectivity index (χ1) is 9.83. The second kappa shape index (κ2) is 10.3. The summed E-state index contributed by atoms with van der Waals surface area (Å²) < 4.78 is 11.6. The summed E-state index contributed by atoms with van der Waals surface area (Å²) in [6.45, 7) is 7.69. The Morgan fingerprint density at radius 3 is 2.75 bits per heavy atom. The average molecular weight is 277 g/mol. The van der Waals surface area contributed by atoms with Gasteiger partial charge in [-0.1, -0.05) is 18.2 Å². The predicted molar refractivity (Wildman–Crippen MR) is 84.5 cm³/mol. The SMILES string of the molecule is C=CCCCCCOc1c(CCN)cccc1OCC. The minimum Gasteiger partial charge on any atom is -0.490 e. The first-order valence-corrected chi connectivity index (χ1v) is 7.52. The van der Waals surface area contributed by atoms with Crippen molar-refractivity contribution in [1.82, 2.24) is 0 Å². The zero-order valence-corrected chi connectivity index (χ0v) is 12.6. The first-order valence-electron chi connectivity index (χ1n) is 7.52. The number of allylic oxidation sites excluding steroid dienone is 1. The number of rotatable bonds is 11. The second-order valence-electron chi connectivity index (χ2n) is 4.70. The summed E-state index contributed by atoms with van der Waals surface area (Å²) in [5, 5.41) is 0. The molecule has 1 aromatic rings. The summed E-state index contributed by atoms with van der Waals surface area (Å²) in [4.78, 5) is 0. The molecule has 0 amide bonds. The molecule has 3 heteroatoms. The van der Waals surface area contributed by atoms with Crippen LogP contribution >= 0.6 is 0 Å². The Balaban J connectivity index is 2.57. The van der Waals surface area contributed by atoms with Gasteiger partial charge in [0, 0.05) is 0 Å². The van der Waals surface area contributed by atoms with Gasteiger partial charge < -0.3 is 15.2 Å². The van der Waals surface area contributed by atoms with Crippen LogP contribution in [0.2, 0.25) is 0 Å². The fourth-order valence-corrected chi connectivity index (χ4v) is 2.09. The van der Waals surface area contributed by atoms with Gasteiger partial charge in [0.15, 0.2) is 11.5 Å². The summed E-state index contributed by atoms with van der Waals surface area (Å²) in [5.41, 5.74) is 6.79. The highest BCUT2D eigenvalue weighted by Gasteiger charge is 2.10. The number of unbranched alkanes of at least 4 members (excludes halogenated alkanes) is 3. The van der Waals surface area contributed by atoms with Crippen molar-refractivity contribution in [1.29, 1.82) is 0 Å². The van der Waals surface area contributed by atoms with Crippen molar-refractivity contribution in [3.8, 4) is 11.5 Å². The molecule has 0 aliphatic heterocycles. The van der Waals surface area contributed by atoms with E-state index < -0.39 is 0 Å². The largest absolute Gasteiger partial charge is 0.490 e. The molecule has 3 nitrogen and oxygen atoms in total.